The molecule has 1 aromatic carbocycles. The molecule has 0 atom stereocenters. The van der Waals surface area contributed by atoms with E-state index >= 15 is 0 Å². The number of anilines is 1. The third-order valence-electron chi connectivity index (χ3n) is 6.60. The Kier molecular flexibility index (Phi) is 5.78. The number of hydrogen-bond donors (Lipinski definition) is 1. The van der Waals surface area contributed by atoms with E-state index in [1.54, 1.807) is 0 Å². The third-order valence-corrected chi connectivity index (χ3v) is 6.60. The van der Waals surface area contributed by atoms with Gasteiger partial charge >= 0.3 is 0 Å². The first-order valence-electron chi connectivity index (χ1n) is 9.82. The van der Waals surface area contributed by atoms with Crippen LogP contribution in [0.25, 0.3) is 0 Å². The zero-order valence-electron chi connectivity index (χ0n) is 14.9. The van der Waals surface area contributed by atoms with Crippen LogP contribution in [0.3, 0.4) is 0 Å². The molecule has 0 saturated heterocycles. The van der Waals surface area contributed by atoms with E-state index in [0.717, 1.165) is 36.2 Å². The monoisotopic (exact) mass is 335 g/mol. The van der Waals surface area contributed by atoms with E-state index in [-0.39, 0.29) is 5.69 Å². The van der Waals surface area contributed by atoms with Crippen molar-refractivity contribution in [2.45, 2.75) is 77.0 Å². The summed E-state index contributed by atoms with van der Waals surface area (Å²) in [4.78, 5) is 0. The highest BCUT2D eigenvalue weighted by Crippen LogP contribution is 2.44. The smallest absolute Gasteiger partial charge is 0.149 e. The molecule has 0 bridgehead atoms. The van der Waals surface area contributed by atoms with E-state index in [0.29, 0.717) is 5.92 Å². The predicted molar refractivity (Wildman–Crippen MR) is 95.8 cm³/mol. The Hall–Kier alpha value is -1.12. The van der Waals surface area contributed by atoms with Crippen LogP contribution in [0, 0.1) is 29.4 Å². The van der Waals surface area contributed by atoms with Gasteiger partial charge < -0.3 is 5.73 Å². The van der Waals surface area contributed by atoms with Crippen LogP contribution in [0.1, 0.15) is 82.6 Å². The molecule has 134 valence electrons. The van der Waals surface area contributed by atoms with E-state index in [1.807, 2.05) is 0 Å². The normalized spacial score (nSPS) is 31.1. The molecule has 1 aromatic rings. The van der Waals surface area contributed by atoms with Crippen LogP contribution >= 0.6 is 0 Å². The van der Waals surface area contributed by atoms with Crippen LogP contribution in [0.15, 0.2) is 12.1 Å². The summed E-state index contributed by atoms with van der Waals surface area (Å²) in [5.74, 6) is 1.75. The highest BCUT2D eigenvalue weighted by atomic mass is 19.1. The van der Waals surface area contributed by atoms with Gasteiger partial charge in [0.2, 0.25) is 0 Å². The van der Waals surface area contributed by atoms with Crippen molar-refractivity contribution in [1.82, 2.24) is 0 Å². The Labute approximate surface area is 145 Å². The molecule has 0 heterocycles. The second-order valence-electron chi connectivity index (χ2n) is 8.08. The van der Waals surface area contributed by atoms with E-state index in [1.165, 1.54) is 63.5 Å². The van der Waals surface area contributed by atoms with Crippen LogP contribution in [-0.2, 0) is 0 Å². The van der Waals surface area contributed by atoms with Crippen molar-refractivity contribution in [1.29, 1.82) is 0 Å². The summed E-state index contributed by atoms with van der Waals surface area (Å²) in [5.41, 5.74) is 5.83. The summed E-state index contributed by atoms with van der Waals surface area (Å²) in [6.45, 7) is 2.29. The number of hydrogen-bond acceptors (Lipinski definition) is 1. The van der Waals surface area contributed by atoms with E-state index in [2.05, 4.69) is 6.92 Å². The predicted octanol–water partition coefficient (Wildman–Crippen LogP) is 6.43. The maximum atomic E-state index is 13.7. The topological polar surface area (TPSA) is 26.0 Å². The maximum absolute atomic E-state index is 13.7. The van der Waals surface area contributed by atoms with Gasteiger partial charge in [-0.3, -0.25) is 0 Å². The first kappa shape index (κ1) is 17.7. The van der Waals surface area contributed by atoms with Crippen LogP contribution in [0.5, 0.6) is 0 Å². The molecule has 2 aliphatic carbocycles. The highest BCUT2D eigenvalue weighted by molar-refractivity contribution is 5.44. The van der Waals surface area contributed by atoms with Crippen molar-refractivity contribution in [3.05, 3.63) is 29.3 Å². The molecule has 0 unspecified atom stereocenters. The third kappa shape index (κ3) is 3.92. The van der Waals surface area contributed by atoms with E-state index in [4.69, 9.17) is 5.73 Å². The van der Waals surface area contributed by atoms with Crippen molar-refractivity contribution in [3.63, 3.8) is 0 Å². The van der Waals surface area contributed by atoms with Gasteiger partial charge in [-0.05, 0) is 79.9 Å². The Morgan fingerprint density at radius 1 is 0.875 bits per heavy atom. The summed E-state index contributed by atoms with van der Waals surface area (Å²) >= 11 is 0. The highest BCUT2D eigenvalue weighted by Gasteiger charge is 2.31. The molecule has 1 nitrogen and oxygen atoms in total. The lowest BCUT2D eigenvalue weighted by Crippen LogP contribution is -2.25. The quantitative estimate of drug-likeness (QED) is 0.631. The molecule has 2 fully saturated rings. The van der Waals surface area contributed by atoms with Crippen molar-refractivity contribution in [2.24, 2.45) is 17.8 Å². The largest absolute Gasteiger partial charge is 0.394 e. The first-order chi connectivity index (χ1) is 11.6. The lowest BCUT2D eigenvalue weighted by molar-refractivity contribution is 0.156. The molecule has 0 aliphatic heterocycles. The summed E-state index contributed by atoms with van der Waals surface area (Å²) in [5, 5.41) is 0. The minimum atomic E-state index is -0.610. The zero-order chi connectivity index (χ0) is 17.1. The molecule has 3 rings (SSSR count). The Morgan fingerprint density at radius 3 is 1.88 bits per heavy atom. The molecule has 2 aliphatic rings. The molecule has 0 radical (unpaired) electrons. The average molecular weight is 335 g/mol. The van der Waals surface area contributed by atoms with Crippen LogP contribution < -0.4 is 5.73 Å². The summed E-state index contributed by atoms with van der Waals surface area (Å²) < 4.78 is 27.4. The lowest BCUT2D eigenvalue weighted by Gasteiger charge is -2.38. The molecular formula is C21H31F2N. The van der Waals surface area contributed by atoms with Gasteiger partial charge in [0.05, 0.1) is 0 Å². The van der Waals surface area contributed by atoms with Gasteiger partial charge in [0, 0.05) is 0 Å². The number of benzene rings is 1. The van der Waals surface area contributed by atoms with Crippen molar-refractivity contribution in [2.75, 3.05) is 5.73 Å². The number of rotatable bonds is 4. The Morgan fingerprint density at radius 2 is 1.38 bits per heavy atom. The molecule has 3 heteroatoms. The first-order valence-corrected chi connectivity index (χ1v) is 9.82. The van der Waals surface area contributed by atoms with Gasteiger partial charge in [-0.15, -0.1) is 0 Å². The maximum Gasteiger partial charge on any atom is 0.149 e. The van der Waals surface area contributed by atoms with Gasteiger partial charge in [0.25, 0.3) is 0 Å². The summed E-state index contributed by atoms with van der Waals surface area (Å²) in [7, 11) is 0. The molecular weight excluding hydrogens is 304 g/mol. The van der Waals surface area contributed by atoms with Gasteiger partial charge in [-0.25, -0.2) is 8.78 Å². The minimum Gasteiger partial charge on any atom is -0.394 e. The summed E-state index contributed by atoms with van der Waals surface area (Å²) in [6, 6.07) is 2.89. The second-order valence-corrected chi connectivity index (χ2v) is 8.08. The van der Waals surface area contributed by atoms with Gasteiger partial charge in [-0.1, -0.05) is 32.6 Å². The number of nitrogens with two attached hydrogens (primary N) is 1. The Bertz CT molecular complexity index is 518. The van der Waals surface area contributed by atoms with Gasteiger partial charge in [0.1, 0.15) is 17.3 Å². The fourth-order valence-electron chi connectivity index (χ4n) is 5.12. The average Bonchev–Trinajstić information content (AvgIpc) is 2.60. The summed E-state index contributed by atoms with van der Waals surface area (Å²) in [6.07, 6.45) is 12.9. The lowest BCUT2D eigenvalue weighted by atomic mass is 9.68. The number of nitrogen functional groups attached to an aromatic ring is 1. The van der Waals surface area contributed by atoms with Gasteiger partial charge in [0.15, 0.2) is 0 Å². The molecule has 2 N–H and O–H groups in total. The zero-order valence-corrected chi connectivity index (χ0v) is 14.9. The second kappa shape index (κ2) is 7.84. The van der Waals surface area contributed by atoms with E-state index < -0.39 is 11.6 Å². The fourth-order valence-corrected chi connectivity index (χ4v) is 5.12. The molecule has 24 heavy (non-hydrogen) atoms. The molecule has 0 amide bonds. The SMILES string of the molecule is CCCC1CCC(C2CCC(c3cc(F)c(N)c(F)c3)CC2)CC1. The van der Waals surface area contributed by atoms with Crippen LogP contribution in [0.4, 0.5) is 14.5 Å². The molecule has 0 spiro atoms. The molecule has 2 saturated carbocycles. The minimum absolute atomic E-state index is 0.294. The van der Waals surface area contributed by atoms with Crippen molar-refractivity contribution < 1.29 is 8.78 Å². The van der Waals surface area contributed by atoms with Crippen molar-refractivity contribution in [3.8, 4) is 0 Å². The Balaban J connectivity index is 1.53. The van der Waals surface area contributed by atoms with Crippen molar-refractivity contribution >= 4 is 5.69 Å². The van der Waals surface area contributed by atoms with Crippen LogP contribution in [0.2, 0.25) is 0 Å². The fraction of sp³-hybridized carbons (Fsp3) is 0.714. The van der Waals surface area contributed by atoms with Crippen LogP contribution in [-0.4, -0.2) is 0 Å². The van der Waals surface area contributed by atoms with Gasteiger partial charge in [-0.2, -0.15) is 0 Å². The number of halogens is 2. The molecule has 0 aromatic heterocycles. The standard InChI is InChI=1S/C21H31F2N/c1-2-3-14-4-6-15(7-5-14)16-8-10-17(11-9-16)18-12-19(22)21(24)20(23)13-18/h12-17H,2-11,24H2,1H3. The van der Waals surface area contributed by atoms with E-state index in [9.17, 15) is 8.78 Å².